The fourth-order valence-electron chi connectivity index (χ4n) is 3.39. The summed E-state index contributed by atoms with van der Waals surface area (Å²) in [6.45, 7) is 6.51. The van der Waals surface area contributed by atoms with Crippen LogP contribution >= 0.6 is 0 Å². The van der Waals surface area contributed by atoms with E-state index < -0.39 is 0 Å². The monoisotopic (exact) mass is 365 g/mol. The number of carbonyl (C=O) groups is 1. The number of ether oxygens (including phenoxy) is 1. The van der Waals surface area contributed by atoms with Gasteiger partial charge in [0, 0.05) is 42.8 Å². The lowest BCUT2D eigenvalue weighted by molar-refractivity contribution is -0.0228. The summed E-state index contributed by atoms with van der Waals surface area (Å²) in [6, 6.07) is 7.62. The first-order valence-electron chi connectivity index (χ1n) is 9.19. The first-order chi connectivity index (χ1) is 13.2. The third kappa shape index (κ3) is 3.50. The van der Waals surface area contributed by atoms with Gasteiger partial charge in [0.2, 0.25) is 0 Å². The van der Waals surface area contributed by atoms with Crippen LogP contribution in [0.3, 0.4) is 0 Å². The predicted molar refractivity (Wildman–Crippen MR) is 101 cm³/mol. The van der Waals surface area contributed by atoms with E-state index >= 15 is 0 Å². The van der Waals surface area contributed by atoms with Gasteiger partial charge in [0.15, 0.2) is 0 Å². The van der Waals surface area contributed by atoms with Gasteiger partial charge in [0.1, 0.15) is 6.10 Å². The number of hydrogen-bond donors (Lipinski definition) is 0. The molecular formula is C20H23N5O2. The first-order valence-corrected chi connectivity index (χ1v) is 9.19. The molecule has 1 aliphatic heterocycles. The molecule has 1 atom stereocenters. The van der Waals surface area contributed by atoms with Crippen molar-refractivity contribution in [2.24, 2.45) is 0 Å². The summed E-state index contributed by atoms with van der Waals surface area (Å²) in [5.74, 6) is 0.0290. The van der Waals surface area contributed by atoms with Gasteiger partial charge in [-0.1, -0.05) is 0 Å². The summed E-state index contributed by atoms with van der Waals surface area (Å²) in [5.41, 5.74) is 3.69. The summed E-state index contributed by atoms with van der Waals surface area (Å²) < 4.78 is 9.55. The number of benzene rings is 1. The van der Waals surface area contributed by atoms with Crippen LogP contribution in [0.1, 0.15) is 34.5 Å². The topological polar surface area (TPSA) is 65.2 Å². The Hall–Kier alpha value is -2.93. The Kier molecular flexibility index (Phi) is 4.77. The minimum absolute atomic E-state index is 0.0290. The van der Waals surface area contributed by atoms with Crippen LogP contribution in [-0.4, -0.2) is 50.1 Å². The number of rotatable bonds is 4. The third-order valence-corrected chi connectivity index (χ3v) is 4.90. The van der Waals surface area contributed by atoms with Crippen LogP contribution in [0, 0.1) is 6.92 Å². The summed E-state index contributed by atoms with van der Waals surface area (Å²) >= 11 is 0. The molecule has 7 nitrogen and oxygen atoms in total. The zero-order chi connectivity index (χ0) is 18.8. The van der Waals surface area contributed by atoms with E-state index in [0.29, 0.717) is 25.3 Å². The third-order valence-electron chi connectivity index (χ3n) is 4.90. The molecule has 0 N–H and O–H groups in total. The van der Waals surface area contributed by atoms with E-state index in [1.54, 1.807) is 10.9 Å². The maximum Gasteiger partial charge on any atom is 0.254 e. The molecule has 1 amide bonds. The highest BCUT2D eigenvalue weighted by atomic mass is 16.5. The smallest absolute Gasteiger partial charge is 0.254 e. The molecule has 1 saturated heterocycles. The molecule has 3 aromatic rings. The fraction of sp³-hybridized carbons (Fsp3) is 0.350. The summed E-state index contributed by atoms with van der Waals surface area (Å²) in [7, 11) is 0. The van der Waals surface area contributed by atoms with Crippen molar-refractivity contribution >= 4 is 5.91 Å². The van der Waals surface area contributed by atoms with Crippen molar-refractivity contribution in [2.45, 2.75) is 26.5 Å². The molecule has 27 heavy (non-hydrogen) atoms. The molecule has 7 heteroatoms. The van der Waals surface area contributed by atoms with E-state index in [0.717, 1.165) is 23.4 Å². The first kappa shape index (κ1) is 17.5. The number of carbonyl (C=O) groups excluding carboxylic acids is 1. The molecule has 1 fully saturated rings. The fourth-order valence-corrected chi connectivity index (χ4v) is 3.39. The van der Waals surface area contributed by atoms with Crippen LogP contribution in [0.4, 0.5) is 0 Å². The molecule has 1 aliphatic rings. The maximum atomic E-state index is 13.0. The van der Waals surface area contributed by atoms with Gasteiger partial charge >= 0.3 is 0 Å². The molecule has 2 aromatic heterocycles. The maximum absolute atomic E-state index is 13.0. The van der Waals surface area contributed by atoms with Gasteiger partial charge in [0.05, 0.1) is 25.0 Å². The second kappa shape index (κ2) is 7.36. The van der Waals surface area contributed by atoms with E-state index in [9.17, 15) is 4.79 Å². The summed E-state index contributed by atoms with van der Waals surface area (Å²) in [4.78, 5) is 14.9. The van der Waals surface area contributed by atoms with Crippen molar-refractivity contribution in [3.63, 3.8) is 0 Å². The second-order valence-electron chi connectivity index (χ2n) is 6.69. The van der Waals surface area contributed by atoms with Crippen molar-refractivity contribution in [1.29, 1.82) is 0 Å². The minimum Gasteiger partial charge on any atom is -0.370 e. The van der Waals surface area contributed by atoms with Crippen LogP contribution < -0.4 is 0 Å². The highest BCUT2D eigenvalue weighted by Crippen LogP contribution is 2.24. The van der Waals surface area contributed by atoms with Gasteiger partial charge in [-0.05, 0) is 43.7 Å². The molecular weight excluding hydrogens is 342 g/mol. The number of morpholine rings is 1. The Bertz CT molecular complexity index is 932. The molecule has 0 spiro atoms. The lowest BCUT2D eigenvalue weighted by Crippen LogP contribution is -2.42. The molecule has 0 radical (unpaired) electrons. The number of aromatic nitrogens is 4. The Morgan fingerprint density at radius 2 is 2.22 bits per heavy atom. The van der Waals surface area contributed by atoms with E-state index in [1.807, 2.05) is 66.3 Å². The minimum atomic E-state index is -0.132. The van der Waals surface area contributed by atoms with E-state index in [4.69, 9.17) is 4.74 Å². The molecule has 1 unspecified atom stereocenters. The van der Waals surface area contributed by atoms with Crippen LogP contribution in [0.5, 0.6) is 0 Å². The van der Waals surface area contributed by atoms with Crippen LogP contribution in [0.25, 0.3) is 5.69 Å². The van der Waals surface area contributed by atoms with Crippen LogP contribution in [0.15, 0.2) is 49.1 Å². The van der Waals surface area contributed by atoms with E-state index in [2.05, 4.69) is 10.2 Å². The van der Waals surface area contributed by atoms with Gasteiger partial charge in [0.25, 0.3) is 5.91 Å². The molecule has 4 rings (SSSR count). The van der Waals surface area contributed by atoms with Gasteiger partial charge in [-0.3, -0.25) is 9.48 Å². The van der Waals surface area contributed by atoms with Gasteiger partial charge < -0.3 is 9.64 Å². The van der Waals surface area contributed by atoms with Gasteiger partial charge in [-0.15, -0.1) is 0 Å². The molecule has 140 valence electrons. The molecule has 0 bridgehead atoms. The van der Waals surface area contributed by atoms with Crippen molar-refractivity contribution in [3.05, 3.63) is 65.7 Å². The lowest BCUT2D eigenvalue weighted by Gasteiger charge is -2.32. The van der Waals surface area contributed by atoms with E-state index in [-0.39, 0.29) is 12.0 Å². The van der Waals surface area contributed by atoms with Crippen molar-refractivity contribution in [3.8, 4) is 5.69 Å². The summed E-state index contributed by atoms with van der Waals surface area (Å²) in [6.07, 6.45) is 7.32. The molecule has 1 aromatic carbocycles. The molecule has 0 aliphatic carbocycles. The van der Waals surface area contributed by atoms with E-state index in [1.165, 1.54) is 0 Å². The largest absolute Gasteiger partial charge is 0.370 e. The highest BCUT2D eigenvalue weighted by molar-refractivity contribution is 5.94. The average molecular weight is 365 g/mol. The Labute approximate surface area is 158 Å². The normalized spacial score (nSPS) is 17.3. The quantitative estimate of drug-likeness (QED) is 0.713. The zero-order valence-electron chi connectivity index (χ0n) is 15.6. The van der Waals surface area contributed by atoms with Gasteiger partial charge in [-0.2, -0.15) is 10.2 Å². The number of amides is 1. The van der Waals surface area contributed by atoms with Crippen LogP contribution in [-0.2, 0) is 11.3 Å². The van der Waals surface area contributed by atoms with Gasteiger partial charge in [-0.25, -0.2) is 4.68 Å². The number of aryl methyl sites for hydroxylation is 2. The van der Waals surface area contributed by atoms with Crippen LogP contribution in [0.2, 0.25) is 0 Å². The molecule has 3 heterocycles. The standard InChI is InChI=1S/C20H23N5O2/c1-3-24-13-17(12-22-24)19-14-23(9-10-27-19)20(26)16-5-6-18(15(2)11-16)25-8-4-7-21-25/h4-8,11-13,19H,3,9-10,14H2,1-2H3. The SMILES string of the molecule is CCn1cc(C2CN(C(=O)c3ccc(-n4cccn4)c(C)c3)CCO2)cn1. The Morgan fingerprint density at radius 3 is 2.93 bits per heavy atom. The van der Waals surface area contributed by atoms with Crippen molar-refractivity contribution < 1.29 is 9.53 Å². The lowest BCUT2D eigenvalue weighted by atomic mass is 10.1. The number of hydrogen-bond acceptors (Lipinski definition) is 4. The van der Waals surface area contributed by atoms with Crippen molar-refractivity contribution in [1.82, 2.24) is 24.5 Å². The van der Waals surface area contributed by atoms with Crippen molar-refractivity contribution in [2.75, 3.05) is 19.7 Å². The molecule has 0 saturated carbocycles. The summed E-state index contributed by atoms with van der Waals surface area (Å²) in [5, 5.41) is 8.57. The Morgan fingerprint density at radius 1 is 1.33 bits per heavy atom. The predicted octanol–water partition coefficient (Wildman–Crippen LogP) is 2.61. The average Bonchev–Trinajstić information content (AvgIpc) is 3.39. The zero-order valence-corrected chi connectivity index (χ0v) is 15.6. The highest BCUT2D eigenvalue weighted by Gasteiger charge is 2.27. The second-order valence-corrected chi connectivity index (χ2v) is 6.69. The Balaban J connectivity index is 1.51. The number of nitrogens with zero attached hydrogens (tertiary/aromatic N) is 5.